The number of carboxylic acid groups (broad SMARTS) is 1. The number of aliphatic hydroxyl groups is 1. The number of carboxylic acids is 1. The van der Waals surface area contributed by atoms with E-state index in [0.717, 1.165) is 44.1 Å². The van der Waals surface area contributed by atoms with Gasteiger partial charge in [0.05, 0.1) is 17.1 Å². The predicted molar refractivity (Wildman–Crippen MR) is 184 cm³/mol. The highest BCUT2D eigenvalue weighted by atomic mass is 16.4. The molecule has 0 heterocycles. The Bertz CT molecular complexity index is 1430. The number of aromatic carboxylic acids is 1. The second kappa shape index (κ2) is 11.3. The summed E-state index contributed by atoms with van der Waals surface area (Å²) >= 11 is 0. The van der Waals surface area contributed by atoms with Crippen LogP contribution in [0.25, 0.3) is 5.57 Å². The summed E-state index contributed by atoms with van der Waals surface area (Å²) < 4.78 is 0. The molecule has 1 amide bonds. The van der Waals surface area contributed by atoms with Gasteiger partial charge in [0.2, 0.25) is 5.91 Å². The van der Waals surface area contributed by atoms with E-state index < -0.39 is 17.5 Å². The molecule has 46 heavy (non-hydrogen) atoms. The summed E-state index contributed by atoms with van der Waals surface area (Å²) in [6.45, 7) is 19.7. The van der Waals surface area contributed by atoms with E-state index >= 15 is 0 Å². The Balaban J connectivity index is 1.33. The van der Waals surface area contributed by atoms with Gasteiger partial charge in [-0.2, -0.15) is 0 Å². The van der Waals surface area contributed by atoms with Crippen molar-refractivity contribution in [3.63, 3.8) is 0 Å². The van der Waals surface area contributed by atoms with Crippen molar-refractivity contribution in [3.05, 3.63) is 53.6 Å². The first-order chi connectivity index (χ1) is 21.6. The van der Waals surface area contributed by atoms with Crippen molar-refractivity contribution >= 4 is 17.4 Å². The third-order valence-electron chi connectivity index (χ3n) is 15.3. The van der Waals surface area contributed by atoms with Crippen molar-refractivity contribution < 1.29 is 19.8 Å². The summed E-state index contributed by atoms with van der Waals surface area (Å²) in [7, 11) is 0. The number of hydrogen-bond donors (Lipinski definition) is 4. The molecule has 0 aromatic heterocycles. The van der Waals surface area contributed by atoms with Crippen molar-refractivity contribution in [3.8, 4) is 0 Å². The van der Waals surface area contributed by atoms with Gasteiger partial charge in [0, 0.05) is 13.1 Å². The maximum absolute atomic E-state index is 14.1. The summed E-state index contributed by atoms with van der Waals surface area (Å²) in [4.78, 5) is 25.6. The molecule has 1 aromatic rings. The highest BCUT2D eigenvalue weighted by molar-refractivity contribution is 5.88. The van der Waals surface area contributed by atoms with Crippen LogP contribution in [0.5, 0.6) is 0 Å². The van der Waals surface area contributed by atoms with Gasteiger partial charge in [-0.1, -0.05) is 65.0 Å². The van der Waals surface area contributed by atoms with Crippen LogP contribution >= 0.6 is 0 Å². The van der Waals surface area contributed by atoms with Gasteiger partial charge < -0.3 is 21.3 Å². The molecule has 4 saturated carbocycles. The molecule has 5 aliphatic carbocycles. The molecule has 0 aliphatic heterocycles. The molecule has 6 nitrogen and oxygen atoms in total. The predicted octanol–water partition coefficient (Wildman–Crippen LogP) is 7.47. The molecular formula is C40H58N2O4. The zero-order chi connectivity index (χ0) is 33.4. The largest absolute Gasteiger partial charge is 0.478 e. The molecule has 5 aliphatic rings. The Morgan fingerprint density at radius 2 is 1.65 bits per heavy atom. The minimum absolute atomic E-state index is 0.0266. The van der Waals surface area contributed by atoms with E-state index in [9.17, 15) is 19.8 Å². The number of hydrogen-bond acceptors (Lipinski definition) is 4. The molecule has 6 heteroatoms. The van der Waals surface area contributed by atoms with Gasteiger partial charge in [0.25, 0.3) is 0 Å². The fraction of sp³-hybridized carbons (Fsp3) is 0.700. The molecule has 0 saturated heterocycles. The van der Waals surface area contributed by atoms with E-state index in [1.54, 1.807) is 12.1 Å². The molecule has 252 valence electrons. The fourth-order valence-electron chi connectivity index (χ4n) is 12.9. The Hall–Kier alpha value is -2.44. The summed E-state index contributed by atoms with van der Waals surface area (Å²) in [5.41, 5.74) is 9.79. The lowest BCUT2D eigenvalue weighted by atomic mass is 9.32. The molecule has 1 aromatic carbocycles. The lowest BCUT2D eigenvalue weighted by Crippen LogP contribution is -2.66. The van der Waals surface area contributed by atoms with Gasteiger partial charge in [-0.3, -0.25) is 4.79 Å². The summed E-state index contributed by atoms with van der Waals surface area (Å²) in [6.07, 6.45) is 11.5. The Kier molecular flexibility index (Phi) is 8.24. The third kappa shape index (κ3) is 4.63. The van der Waals surface area contributed by atoms with Crippen LogP contribution in [-0.4, -0.2) is 41.3 Å². The van der Waals surface area contributed by atoms with Crippen LogP contribution in [0, 0.1) is 56.7 Å². The number of fused-ring (bicyclic) bond motifs is 7. The van der Waals surface area contributed by atoms with Gasteiger partial charge >= 0.3 is 5.97 Å². The average molecular weight is 631 g/mol. The monoisotopic (exact) mass is 630 g/mol. The fourth-order valence-corrected chi connectivity index (χ4v) is 12.9. The summed E-state index contributed by atoms with van der Waals surface area (Å²) in [6, 6.07) is 7.49. The number of aliphatic hydroxyl groups excluding tert-OH is 1. The minimum Gasteiger partial charge on any atom is -0.478 e. The number of rotatable bonds is 7. The number of amides is 1. The molecule has 2 unspecified atom stereocenters. The quantitative estimate of drug-likeness (QED) is 0.234. The second-order valence-electron chi connectivity index (χ2n) is 17.4. The van der Waals surface area contributed by atoms with Crippen molar-refractivity contribution in [2.24, 2.45) is 62.4 Å². The first kappa shape index (κ1) is 33.5. The Morgan fingerprint density at radius 1 is 0.957 bits per heavy atom. The highest BCUT2D eigenvalue weighted by Gasteiger charge is 2.71. The van der Waals surface area contributed by atoms with Crippen LogP contribution in [0.4, 0.5) is 0 Å². The topological polar surface area (TPSA) is 113 Å². The molecular weight excluding hydrogens is 572 g/mol. The number of carbonyl (C=O) groups excluding carboxylic acids is 1. The van der Waals surface area contributed by atoms with Crippen LogP contribution < -0.4 is 11.1 Å². The summed E-state index contributed by atoms with van der Waals surface area (Å²) in [5, 5.41) is 22.8. The zero-order valence-corrected chi connectivity index (χ0v) is 29.1. The van der Waals surface area contributed by atoms with Crippen LogP contribution in [0.15, 0.2) is 42.5 Å². The van der Waals surface area contributed by atoms with E-state index in [0.29, 0.717) is 29.2 Å². The first-order valence-corrected chi connectivity index (χ1v) is 17.9. The number of allylic oxidation sites excluding steroid dienone is 3. The van der Waals surface area contributed by atoms with Gasteiger partial charge in [0.1, 0.15) is 0 Å². The third-order valence-corrected chi connectivity index (χ3v) is 15.3. The number of carbonyl (C=O) groups is 2. The molecule has 0 bridgehead atoms. The van der Waals surface area contributed by atoms with Crippen molar-refractivity contribution in [1.82, 2.24) is 5.32 Å². The normalized spacial score (nSPS) is 41.6. The van der Waals surface area contributed by atoms with Crippen LogP contribution in [-0.2, 0) is 4.79 Å². The van der Waals surface area contributed by atoms with Crippen LogP contribution in [0.1, 0.15) is 115 Å². The molecule has 0 radical (unpaired) electrons. The maximum atomic E-state index is 14.1. The van der Waals surface area contributed by atoms with Gasteiger partial charge in [-0.05, 0) is 139 Å². The number of benzene rings is 1. The standard InChI is InChI=1S/C40H58N2O4/c1-24(2)28-14-19-40(35(46)42-23-27(43)22-41)21-20-38(6)30(33(28)40)12-13-32-37(5)17-15-29(25-8-10-26(11-9-25)34(44)45)36(3,4)31(37)16-18-39(32,38)7/h8-11,15,27-28,30-33,43H,1,12-14,16-23,41H2,2-7H3,(H,42,46)(H,44,45)/t27?,28-,30+,31?,32+,33+,37-,38+,39+,40-/m0/s1. The zero-order valence-electron chi connectivity index (χ0n) is 29.1. The Labute approximate surface area is 276 Å². The summed E-state index contributed by atoms with van der Waals surface area (Å²) in [5.74, 6) is 1.48. The second-order valence-corrected chi connectivity index (χ2v) is 17.4. The first-order valence-electron chi connectivity index (χ1n) is 17.9. The SMILES string of the molecule is C=C(C)[C@@H]1CC[C@]2(C(=O)NCC(O)CN)CC[C@]3(C)[C@H](CC[C@@H]4[C@@]5(C)CC=C(c6ccc(C(=O)O)cc6)C(C)(C)C5CC[C@]43C)[C@@H]12. The number of nitrogens with one attached hydrogen (secondary N) is 1. The molecule has 6 rings (SSSR count). The number of nitrogens with two attached hydrogens (primary N) is 1. The highest BCUT2D eigenvalue weighted by Crippen LogP contribution is 2.77. The lowest BCUT2D eigenvalue weighted by molar-refractivity contribution is -0.225. The maximum Gasteiger partial charge on any atom is 0.335 e. The van der Waals surface area contributed by atoms with Crippen LogP contribution in [0.3, 0.4) is 0 Å². The van der Waals surface area contributed by atoms with E-state index in [2.05, 4.69) is 59.5 Å². The van der Waals surface area contributed by atoms with E-state index in [1.165, 1.54) is 30.4 Å². The van der Waals surface area contributed by atoms with Crippen molar-refractivity contribution in [1.29, 1.82) is 0 Å². The van der Waals surface area contributed by atoms with E-state index in [-0.39, 0.29) is 46.6 Å². The lowest BCUT2D eigenvalue weighted by Gasteiger charge is -2.72. The Morgan fingerprint density at radius 3 is 2.28 bits per heavy atom. The average Bonchev–Trinajstić information content (AvgIpc) is 3.41. The van der Waals surface area contributed by atoms with Crippen LogP contribution in [0.2, 0.25) is 0 Å². The van der Waals surface area contributed by atoms with E-state index in [1.807, 2.05) is 12.1 Å². The molecule has 10 atom stereocenters. The van der Waals surface area contributed by atoms with Crippen molar-refractivity contribution in [2.75, 3.05) is 13.1 Å². The van der Waals surface area contributed by atoms with Gasteiger partial charge in [-0.25, -0.2) is 4.79 Å². The molecule has 4 fully saturated rings. The van der Waals surface area contributed by atoms with Gasteiger partial charge in [-0.15, -0.1) is 0 Å². The van der Waals surface area contributed by atoms with Crippen molar-refractivity contribution in [2.45, 2.75) is 105 Å². The molecule has 5 N–H and O–H groups in total. The van der Waals surface area contributed by atoms with Gasteiger partial charge in [0.15, 0.2) is 0 Å². The van der Waals surface area contributed by atoms with E-state index in [4.69, 9.17) is 5.73 Å². The smallest absolute Gasteiger partial charge is 0.335 e. The minimum atomic E-state index is -0.884. The molecule has 0 spiro atoms.